The Labute approximate surface area is 176 Å². The van der Waals surface area contributed by atoms with E-state index in [-0.39, 0.29) is 11.0 Å². The molecule has 0 bridgehead atoms. The Morgan fingerprint density at radius 1 is 1.14 bits per heavy atom. The summed E-state index contributed by atoms with van der Waals surface area (Å²) in [5.41, 5.74) is 0.298. The molecule has 0 N–H and O–H groups in total. The Morgan fingerprint density at radius 3 is 2.36 bits per heavy atom. The Balaban J connectivity index is 1.94. The highest BCUT2D eigenvalue weighted by molar-refractivity contribution is 6.73. The molecule has 0 spiro atoms. The second-order valence-corrected chi connectivity index (χ2v) is 15.4. The largest absolute Gasteiger partial charge is 0.412 e. The van der Waals surface area contributed by atoms with Crippen LogP contribution in [0.25, 0.3) is 0 Å². The van der Waals surface area contributed by atoms with Gasteiger partial charge < -0.3 is 4.43 Å². The van der Waals surface area contributed by atoms with Crippen molar-refractivity contribution in [2.24, 2.45) is 23.2 Å². The molecule has 4 atom stereocenters. The maximum absolute atomic E-state index is 12.5. The molecule has 2 saturated carbocycles. The molecule has 2 nitrogen and oxygen atoms in total. The molecular weight excluding hydrogens is 360 g/mol. The lowest BCUT2D eigenvalue weighted by molar-refractivity contribution is -0.130. The summed E-state index contributed by atoms with van der Waals surface area (Å²) in [6, 6.07) is 3.70. The zero-order valence-corrected chi connectivity index (χ0v) is 21.0. The van der Waals surface area contributed by atoms with Gasteiger partial charge in [-0.15, -0.1) is 0 Å². The number of ketones is 1. The van der Waals surface area contributed by atoms with Gasteiger partial charge in [-0.05, 0) is 81.3 Å². The van der Waals surface area contributed by atoms with E-state index >= 15 is 0 Å². The molecule has 0 saturated heterocycles. The van der Waals surface area contributed by atoms with Crippen molar-refractivity contribution in [3.8, 4) is 0 Å². The lowest BCUT2D eigenvalue weighted by Gasteiger charge is -2.43. The molecule has 2 aliphatic carbocycles. The van der Waals surface area contributed by atoms with E-state index in [1.54, 1.807) is 0 Å². The average molecular weight is 409 g/mol. The number of fused-ring (bicyclic) bond motifs is 1. The van der Waals surface area contributed by atoms with Crippen LogP contribution >= 0.6 is 0 Å². The monoisotopic (exact) mass is 408 g/mol. The highest BCUT2D eigenvalue weighted by Gasteiger charge is 2.52. The van der Waals surface area contributed by atoms with Crippen molar-refractivity contribution < 1.29 is 9.22 Å². The normalized spacial score (nSPS) is 29.8. The first-order chi connectivity index (χ1) is 13.2. The summed E-state index contributed by atoms with van der Waals surface area (Å²) in [4.78, 5) is 12.5. The third-order valence-corrected chi connectivity index (χ3v) is 13.7. The van der Waals surface area contributed by atoms with Gasteiger partial charge in [0.15, 0.2) is 8.32 Å². The van der Waals surface area contributed by atoms with E-state index in [1.165, 1.54) is 56.7 Å². The highest BCUT2D eigenvalue weighted by Crippen LogP contribution is 2.57. The average Bonchev–Trinajstić information content (AvgIpc) is 3.02. The van der Waals surface area contributed by atoms with Crippen molar-refractivity contribution >= 4 is 14.1 Å². The minimum absolute atomic E-state index is 0.00939. The van der Waals surface area contributed by atoms with Crippen LogP contribution in [0, 0.1) is 23.2 Å². The number of hydrogen-bond acceptors (Lipinski definition) is 2. The van der Waals surface area contributed by atoms with E-state index < -0.39 is 8.32 Å². The minimum atomic E-state index is -1.54. The Bertz CT molecular complexity index is 502. The second kappa shape index (κ2) is 9.77. The van der Waals surface area contributed by atoms with Gasteiger partial charge in [-0.1, -0.05) is 53.9 Å². The van der Waals surface area contributed by atoms with Crippen LogP contribution in [0.5, 0.6) is 0 Å². The minimum Gasteiger partial charge on any atom is -0.412 e. The molecule has 2 rings (SSSR count). The Kier molecular flexibility index (Phi) is 8.42. The maximum Gasteiger partial charge on any atom is 0.192 e. The standard InChI is InChI=1S/C25H48O2Si/c1-8-20(21-16-17-22-23(26)15-13-19-25(21,22)7)14-12-18-24(5,6)27-28(9-2,10-3)11-4/h20-22H,8-19H2,1-7H3/t20?,21?,22?,25-/m1/s1. The Hall–Kier alpha value is -0.153. The molecule has 3 unspecified atom stereocenters. The lowest BCUT2D eigenvalue weighted by atomic mass is 9.61. The topological polar surface area (TPSA) is 26.3 Å². The molecule has 164 valence electrons. The predicted octanol–water partition coefficient (Wildman–Crippen LogP) is 7.77. The van der Waals surface area contributed by atoms with Crippen LogP contribution in [0.15, 0.2) is 0 Å². The SMILES string of the molecule is CCC(CCCC(C)(C)O[Si](CC)(CC)CC)C1CCC2C(=O)CCC[C@@]21C. The molecule has 2 fully saturated rings. The fourth-order valence-corrected chi connectivity index (χ4v) is 10.0. The smallest absolute Gasteiger partial charge is 0.192 e. The van der Waals surface area contributed by atoms with Gasteiger partial charge in [-0.3, -0.25) is 4.79 Å². The van der Waals surface area contributed by atoms with Gasteiger partial charge in [-0.2, -0.15) is 0 Å². The van der Waals surface area contributed by atoms with Crippen LogP contribution in [0.1, 0.15) is 106 Å². The van der Waals surface area contributed by atoms with E-state index in [0.29, 0.717) is 11.7 Å². The fourth-order valence-electron chi connectivity index (χ4n) is 6.83. The summed E-state index contributed by atoms with van der Waals surface area (Å²) in [5.74, 6) is 2.47. The van der Waals surface area contributed by atoms with Crippen LogP contribution in [0.2, 0.25) is 18.1 Å². The van der Waals surface area contributed by atoms with Gasteiger partial charge in [0.25, 0.3) is 0 Å². The van der Waals surface area contributed by atoms with E-state index in [1.807, 2.05) is 0 Å². The first-order valence-corrected chi connectivity index (χ1v) is 14.9. The molecule has 2 aliphatic rings. The predicted molar refractivity (Wildman–Crippen MR) is 123 cm³/mol. The van der Waals surface area contributed by atoms with Gasteiger partial charge >= 0.3 is 0 Å². The van der Waals surface area contributed by atoms with Crippen LogP contribution in [0.4, 0.5) is 0 Å². The number of carbonyl (C=O) groups is 1. The maximum atomic E-state index is 12.5. The van der Waals surface area contributed by atoms with Crippen molar-refractivity contribution in [2.45, 2.75) is 130 Å². The van der Waals surface area contributed by atoms with Crippen LogP contribution < -0.4 is 0 Å². The van der Waals surface area contributed by atoms with Crippen molar-refractivity contribution in [3.63, 3.8) is 0 Å². The summed E-state index contributed by atoms with van der Waals surface area (Å²) in [5, 5.41) is 0. The van der Waals surface area contributed by atoms with Crippen LogP contribution in [-0.4, -0.2) is 19.7 Å². The molecule has 0 radical (unpaired) electrons. The zero-order chi connectivity index (χ0) is 21.0. The van der Waals surface area contributed by atoms with Gasteiger partial charge in [0, 0.05) is 12.3 Å². The first kappa shape index (κ1) is 24.1. The van der Waals surface area contributed by atoms with Crippen LogP contribution in [-0.2, 0) is 9.22 Å². The van der Waals surface area contributed by atoms with Crippen molar-refractivity contribution in [3.05, 3.63) is 0 Å². The van der Waals surface area contributed by atoms with Gasteiger partial charge in [0.1, 0.15) is 5.78 Å². The van der Waals surface area contributed by atoms with Crippen molar-refractivity contribution in [1.82, 2.24) is 0 Å². The third kappa shape index (κ3) is 5.12. The molecule has 3 heteroatoms. The third-order valence-electron chi connectivity index (χ3n) is 8.81. The van der Waals surface area contributed by atoms with Crippen molar-refractivity contribution in [2.75, 3.05) is 0 Å². The molecule has 28 heavy (non-hydrogen) atoms. The molecule has 0 aromatic carbocycles. The quantitative estimate of drug-likeness (QED) is 0.326. The molecular formula is C25H48O2Si. The molecule has 0 aliphatic heterocycles. The molecule has 0 aromatic rings. The second-order valence-electron chi connectivity index (χ2n) is 10.7. The van der Waals surface area contributed by atoms with E-state index in [0.717, 1.165) is 31.1 Å². The zero-order valence-electron chi connectivity index (χ0n) is 20.0. The van der Waals surface area contributed by atoms with Crippen LogP contribution in [0.3, 0.4) is 0 Å². The molecule has 0 aromatic heterocycles. The summed E-state index contributed by atoms with van der Waals surface area (Å²) in [6.07, 6.45) is 10.7. The summed E-state index contributed by atoms with van der Waals surface area (Å²) in [7, 11) is -1.54. The van der Waals surface area contributed by atoms with Crippen molar-refractivity contribution in [1.29, 1.82) is 0 Å². The summed E-state index contributed by atoms with van der Waals surface area (Å²) < 4.78 is 6.83. The first-order valence-electron chi connectivity index (χ1n) is 12.4. The summed E-state index contributed by atoms with van der Waals surface area (Å²) >= 11 is 0. The Morgan fingerprint density at radius 2 is 1.79 bits per heavy atom. The van der Waals surface area contributed by atoms with Gasteiger partial charge in [0.2, 0.25) is 0 Å². The van der Waals surface area contributed by atoms with E-state index in [9.17, 15) is 4.79 Å². The number of carbonyl (C=O) groups excluding carboxylic acids is 1. The highest BCUT2D eigenvalue weighted by atomic mass is 28.4. The van der Waals surface area contributed by atoms with Gasteiger partial charge in [0.05, 0.1) is 5.60 Å². The molecule has 0 heterocycles. The number of Topliss-reactive ketones (excluding diaryl/α,β-unsaturated/α-hetero) is 1. The number of hydrogen-bond donors (Lipinski definition) is 0. The van der Waals surface area contributed by atoms with E-state index in [4.69, 9.17) is 4.43 Å². The van der Waals surface area contributed by atoms with E-state index in [2.05, 4.69) is 48.5 Å². The summed E-state index contributed by atoms with van der Waals surface area (Å²) in [6.45, 7) is 16.4. The molecule has 0 amide bonds. The lowest BCUT2D eigenvalue weighted by Crippen LogP contribution is -2.44. The number of rotatable bonds is 11. The fraction of sp³-hybridized carbons (Fsp3) is 0.960. The van der Waals surface area contributed by atoms with Gasteiger partial charge in [-0.25, -0.2) is 0 Å².